The van der Waals surface area contributed by atoms with Gasteiger partial charge >= 0.3 is 12.1 Å². The van der Waals surface area contributed by atoms with Crippen LogP contribution in [0.15, 0.2) is 30.3 Å². The number of piperidine rings is 1. The Morgan fingerprint density at radius 1 is 1.23 bits per heavy atom. The second kappa shape index (κ2) is 7.59. The summed E-state index contributed by atoms with van der Waals surface area (Å²) in [5, 5.41) is 0. The summed E-state index contributed by atoms with van der Waals surface area (Å²) >= 11 is 0. The van der Waals surface area contributed by atoms with Gasteiger partial charge in [0.2, 0.25) is 0 Å². The van der Waals surface area contributed by atoms with Crippen molar-refractivity contribution in [3.05, 3.63) is 35.9 Å². The summed E-state index contributed by atoms with van der Waals surface area (Å²) < 4.78 is 10.2. The Labute approximate surface area is 129 Å². The molecule has 1 aromatic carbocycles. The van der Waals surface area contributed by atoms with Gasteiger partial charge in [-0.2, -0.15) is 0 Å². The number of esters is 1. The number of hydrogen-bond acceptors (Lipinski definition) is 5. The Morgan fingerprint density at radius 3 is 2.64 bits per heavy atom. The van der Waals surface area contributed by atoms with Crippen LogP contribution in [0.4, 0.5) is 4.79 Å². The minimum Gasteiger partial charge on any atom is -0.464 e. The molecule has 118 valence electrons. The Morgan fingerprint density at radius 2 is 1.95 bits per heavy atom. The summed E-state index contributed by atoms with van der Waals surface area (Å²) in [6.45, 7) is 2.19. The smallest absolute Gasteiger partial charge is 0.410 e. The fourth-order valence-electron chi connectivity index (χ4n) is 2.30. The van der Waals surface area contributed by atoms with Crippen LogP contribution in [0.1, 0.15) is 25.3 Å². The predicted octanol–water partition coefficient (Wildman–Crippen LogP) is 1.92. The van der Waals surface area contributed by atoms with Crippen molar-refractivity contribution in [2.45, 2.75) is 32.4 Å². The molecule has 1 fully saturated rings. The van der Waals surface area contributed by atoms with Crippen molar-refractivity contribution < 1.29 is 23.9 Å². The fraction of sp³-hybridized carbons (Fsp3) is 0.438. The molecule has 1 atom stereocenters. The summed E-state index contributed by atoms with van der Waals surface area (Å²) in [7, 11) is 0. The molecule has 6 nitrogen and oxygen atoms in total. The lowest BCUT2D eigenvalue weighted by atomic mass is 10.0. The molecule has 1 aliphatic rings. The van der Waals surface area contributed by atoms with E-state index in [0.29, 0.717) is 0 Å². The lowest BCUT2D eigenvalue weighted by Crippen LogP contribution is -2.51. The number of Topliss-reactive ketones (excluding diaryl/α,β-unsaturated/α-hetero) is 1. The van der Waals surface area contributed by atoms with Gasteiger partial charge in [-0.15, -0.1) is 0 Å². The third-order valence-corrected chi connectivity index (χ3v) is 3.43. The van der Waals surface area contributed by atoms with E-state index in [1.54, 1.807) is 6.92 Å². The topological polar surface area (TPSA) is 72.9 Å². The standard InChI is InChI=1S/C16H19NO5/c1-2-21-15(19)14-10-13(18)8-9-17(14)16(20)22-11-12-6-4-3-5-7-12/h3-7,14H,2,8-11H2,1H3. The van der Waals surface area contributed by atoms with Crippen LogP contribution in [0.3, 0.4) is 0 Å². The number of ether oxygens (including phenoxy) is 2. The lowest BCUT2D eigenvalue weighted by Gasteiger charge is -2.32. The second-order valence-corrected chi connectivity index (χ2v) is 4.99. The van der Waals surface area contributed by atoms with Crippen molar-refractivity contribution in [2.24, 2.45) is 0 Å². The van der Waals surface area contributed by atoms with Crippen LogP contribution in [-0.2, 0) is 25.7 Å². The third-order valence-electron chi connectivity index (χ3n) is 3.43. The minimum absolute atomic E-state index is 0.0146. The quantitative estimate of drug-likeness (QED) is 0.795. The number of carbonyl (C=O) groups is 3. The molecule has 0 radical (unpaired) electrons. The molecule has 22 heavy (non-hydrogen) atoms. The van der Waals surface area contributed by atoms with Gasteiger partial charge in [-0.1, -0.05) is 30.3 Å². The number of rotatable bonds is 4. The van der Waals surface area contributed by atoms with Crippen LogP contribution in [0, 0.1) is 0 Å². The molecular formula is C16H19NO5. The lowest BCUT2D eigenvalue weighted by molar-refractivity contribution is -0.152. The molecule has 0 saturated carbocycles. The van der Waals surface area contributed by atoms with Gasteiger partial charge in [0.15, 0.2) is 0 Å². The SMILES string of the molecule is CCOC(=O)C1CC(=O)CCN1C(=O)OCc1ccccc1. The Balaban J connectivity index is 1.99. The van der Waals surface area contributed by atoms with Crippen LogP contribution < -0.4 is 0 Å². The van der Waals surface area contributed by atoms with Crippen molar-refractivity contribution in [2.75, 3.05) is 13.2 Å². The highest BCUT2D eigenvalue weighted by Crippen LogP contribution is 2.17. The number of ketones is 1. The van der Waals surface area contributed by atoms with Gasteiger partial charge in [-0.3, -0.25) is 9.69 Å². The summed E-state index contributed by atoms with van der Waals surface area (Å²) in [5.41, 5.74) is 0.858. The first-order chi connectivity index (χ1) is 10.6. The summed E-state index contributed by atoms with van der Waals surface area (Å²) in [6.07, 6.45) is -0.385. The van der Waals surface area contributed by atoms with Crippen molar-refractivity contribution in [3.63, 3.8) is 0 Å². The molecule has 1 unspecified atom stereocenters. The zero-order valence-corrected chi connectivity index (χ0v) is 12.5. The van der Waals surface area contributed by atoms with E-state index in [1.807, 2.05) is 30.3 Å². The molecule has 1 heterocycles. The fourth-order valence-corrected chi connectivity index (χ4v) is 2.30. The third kappa shape index (κ3) is 4.07. The second-order valence-electron chi connectivity index (χ2n) is 4.99. The average Bonchev–Trinajstić information content (AvgIpc) is 2.53. The summed E-state index contributed by atoms with van der Waals surface area (Å²) in [6, 6.07) is 8.38. The Kier molecular flexibility index (Phi) is 5.52. The largest absolute Gasteiger partial charge is 0.464 e. The number of benzene rings is 1. The summed E-state index contributed by atoms with van der Waals surface area (Å²) in [5.74, 6) is -0.614. The maximum absolute atomic E-state index is 12.2. The highest BCUT2D eigenvalue weighted by molar-refractivity contribution is 5.91. The maximum atomic E-state index is 12.2. The Hall–Kier alpha value is -2.37. The van der Waals surface area contributed by atoms with E-state index in [0.717, 1.165) is 5.56 Å². The number of hydrogen-bond donors (Lipinski definition) is 0. The number of amides is 1. The van der Waals surface area contributed by atoms with E-state index in [4.69, 9.17) is 9.47 Å². The maximum Gasteiger partial charge on any atom is 0.410 e. The normalized spacial score (nSPS) is 18.0. The van der Waals surface area contributed by atoms with Crippen LogP contribution in [0.5, 0.6) is 0 Å². The zero-order chi connectivity index (χ0) is 15.9. The van der Waals surface area contributed by atoms with Gasteiger partial charge in [0, 0.05) is 19.4 Å². The van der Waals surface area contributed by atoms with E-state index in [2.05, 4.69) is 0 Å². The first-order valence-corrected chi connectivity index (χ1v) is 7.27. The molecule has 0 aromatic heterocycles. The van der Waals surface area contributed by atoms with Crippen molar-refractivity contribution in [3.8, 4) is 0 Å². The van der Waals surface area contributed by atoms with Gasteiger partial charge in [-0.25, -0.2) is 9.59 Å². The Bertz CT molecular complexity index is 543. The van der Waals surface area contributed by atoms with Gasteiger partial charge in [0.25, 0.3) is 0 Å². The molecule has 0 N–H and O–H groups in total. The van der Waals surface area contributed by atoms with E-state index >= 15 is 0 Å². The average molecular weight is 305 g/mol. The predicted molar refractivity (Wildman–Crippen MR) is 78.0 cm³/mol. The molecular weight excluding hydrogens is 286 g/mol. The van der Waals surface area contributed by atoms with Gasteiger partial charge < -0.3 is 9.47 Å². The number of carbonyl (C=O) groups excluding carboxylic acids is 3. The van der Waals surface area contributed by atoms with Gasteiger partial charge in [-0.05, 0) is 12.5 Å². The van der Waals surface area contributed by atoms with E-state index < -0.39 is 18.1 Å². The van der Waals surface area contributed by atoms with Crippen LogP contribution >= 0.6 is 0 Å². The molecule has 0 bridgehead atoms. The van der Waals surface area contributed by atoms with Crippen LogP contribution in [0.2, 0.25) is 0 Å². The van der Waals surface area contributed by atoms with E-state index in [9.17, 15) is 14.4 Å². The first-order valence-electron chi connectivity index (χ1n) is 7.27. The summed E-state index contributed by atoms with van der Waals surface area (Å²) in [4.78, 5) is 36.9. The van der Waals surface area contributed by atoms with Crippen molar-refractivity contribution in [1.29, 1.82) is 0 Å². The molecule has 2 rings (SSSR count). The highest BCUT2D eigenvalue weighted by atomic mass is 16.6. The first kappa shape index (κ1) is 16.0. The monoisotopic (exact) mass is 305 g/mol. The van der Waals surface area contributed by atoms with Gasteiger partial charge in [0.05, 0.1) is 6.61 Å². The van der Waals surface area contributed by atoms with Crippen molar-refractivity contribution >= 4 is 17.8 Å². The molecule has 6 heteroatoms. The molecule has 1 aliphatic heterocycles. The molecule has 1 aromatic rings. The van der Waals surface area contributed by atoms with Gasteiger partial charge in [0.1, 0.15) is 18.4 Å². The highest BCUT2D eigenvalue weighted by Gasteiger charge is 2.37. The minimum atomic E-state index is -0.885. The van der Waals surface area contributed by atoms with Crippen molar-refractivity contribution in [1.82, 2.24) is 4.90 Å². The molecule has 0 spiro atoms. The molecule has 0 aliphatic carbocycles. The number of nitrogens with zero attached hydrogens (tertiary/aromatic N) is 1. The number of likely N-dealkylation sites (tertiary alicyclic amines) is 1. The molecule has 1 amide bonds. The van der Waals surface area contributed by atoms with Crippen LogP contribution in [-0.4, -0.2) is 41.9 Å². The molecule has 1 saturated heterocycles. The van der Waals surface area contributed by atoms with E-state index in [-0.39, 0.29) is 38.4 Å². The van der Waals surface area contributed by atoms with Crippen LogP contribution in [0.25, 0.3) is 0 Å². The zero-order valence-electron chi connectivity index (χ0n) is 12.5. The van der Waals surface area contributed by atoms with E-state index in [1.165, 1.54) is 4.90 Å².